The van der Waals surface area contributed by atoms with Gasteiger partial charge in [-0.25, -0.2) is 0 Å². The standard InChI is InChI=1S/C16H17O2.ClH.Mg/c1-14(2)9-15(14)13-8-12(18-3)10-6-4-5-7-11(10)16(13,15)17;;/h4-8,13H,9H2,1-3H3;1H;/q-1;;+2/p-1. The number of methoxy groups -OCH3 is 1. The van der Waals surface area contributed by atoms with Crippen LogP contribution < -0.4 is 17.5 Å². The average molecular weight is 301 g/mol. The zero-order valence-electron chi connectivity index (χ0n) is 12.1. The van der Waals surface area contributed by atoms with Gasteiger partial charge in [0.2, 0.25) is 0 Å². The van der Waals surface area contributed by atoms with Crippen molar-refractivity contribution in [2.75, 3.05) is 7.11 Å². The topological polar surface area (TPSA) is 32.3 Å². The van der Waals surface area contributed by atoms with Crippen molar-refractivity contribution in [2.45, 2.75) is 25.9 Å². The molecule has 0 aliphatic heterocycles. The predicted octanol–water partition coefficient (Wildman–Crippen LogP) is -1.09. The number of hydrogen-bond acceptors (Lipinski definition) is 2. The Kier molecular flexibility index (Phi) is 3.54. The Labute approximate surface area is 142 Å². The molecular weight excluding hydrogens is 284 g/mol. The summed E-state index contributed by atoms with van der Waals surface area (Å²) in [5, 5.41) is 13.3. The first-order chi connectivity index (χ1) is 8.49. The van der Waals surface area contributed by atoms with E-state index in [9.17, 15) is 5.11 Å². The van der Waals surface area contributed by atoms with Crippen LogP contribution in [0.2, 0.25) is 0 Å². The molecule has 3 atom stereocenters. The van der Waals surface area contributed by atoms with E-state index in [4.69, 9.17) is 4.74 Å². The summed E-state index contributed by atoms with van der Waals surface area (Å²) in [4.78, 5) is 0. The van der Waals surface area contributed by atoms with Crippen LogP contribution in [-0.2, 0) is 10.3 Å². The van der Waals surface area contributed by atoms with Gasteiger partial charge < -0.3 is 22.3 Å². The number of ether oxygens (including phenoxy) is 1. The van der Waals surface area contributed by atoms with Crippen LogP contribution in [0.3, 0.4) is 0 Å². The van der Waals surface area contributed by atoms with Gasteiger partial charge in [-0.15, -0.1) is 0 Å². The molecule has 102 valence electrons. The first-order valence-electron chi connectivity index (χ1n) is 6.55. The van der Waals surface area contributed by atoms with Crippen LogP contribution in [0.5, 0.6) is 0 Å². The van der Waals surface area contributed by atoms with E-state index in [1.54, 1.807) is 7.11 Å². The van der Waals surface area contributed by atoms with Crippen LogP contribution in [0.15, 0.2) is 30.3 Å². The summed E-state index contributed by atoms with van der Waals surface area (Å²) < 4.78 is 5.47. The summed E-state index contributed by atoms with van der Waals surface area (Å²) in [6, 6.07) is 7.93. The van der Waals surface area contributed by atoms with E-state index in [1.807, 2.05) is 24.3 Å². The van der Waals surface area contributed by atoms with Crippen molar-refractivity contribution in [3.63, 3.8) is 0 Å². The van der Waals surface area contributed by atoms with Gasteiger partial charge in [0.15, 0.2) is 0 Å². The van der Waals surface area contributed by atoms with Crippen molar-refractivity contribution in [3.05, 3.63) is 41.5 Å². The van der Waals surface area contributed by atoms with Crippen LogP contribution in [0.25, 0.3) is 5.76 Å². The molecule has 0 amide bonds. The predicted molar refractivity (Wildman–Crippen MR) is 73.2 cm³/mol. The zero-order chi connectivity index (χ0) is 12.8. The molecule has 1 aromatic carbocycles. The molecule has 3 aliphatic rings. The largest absolute Gasteiger partial charge is 2.00 e. The van der Waals surface area contributed by atoms with Gasteiger partial charge in [0.25, 0.3) is 0 Å². The summed E-state index contributed by atoms with van der Waals surface area (Å²) in [7, 11) is 1.69. The van der Waals surface area contributed by atoms with E-state index < -0.39 is 5.60 Å². The van der Waals surface area contributed by atoms with Crippen LogP contribution in [0.4, 0.5) is 0 Å². The Morgan fingerprint density at radius 1 is 1.25 bits per heavy atom. The van der Waals surface area contributed by atoms with Gasteiger partial charge in [-0.1, -0.05) is 43.7 Å². The summed E-state index contributed by atoms with van der Waals surface area (Å²) in [6.45, 7) is 4.43. The fraction of sp³-hybridized carbons (Fsp3) is 0.500. The first-order valence-corrected chi connectivity index (χ1v) is 6.55. The number of benzene rings is 1. The maximum Gasteiger partial charge on any atom is 2.00 e. The minimum atomic E-state index is -0.908. The Morgan fingerprint density at radius 2 is 1.85 bits per heavy atom. The van der Waals surface area contributed by atoms with Gasteiger partial charge in [-0.05, 0) is 34.8 Å². The molecule has 0 radical (unpaired) electrons. The minimum Gasteiger partial charge on any atom is -1.00 e. The van der Waals surface area contributed by atoms with Crippen LogP contribution in [-0.4, -0.2) is 30.2 Å². The second-order valence-electron chi connectivity index (χ2n) is 6.53. The van der Waals surface area contributed by atoms with E-state index in [0.29, 0.717) is 0 Å². The van der Waals surface area contributed by atoms with Crippen LogP contribution >= 0.6 is 0 Å². The molecule has 0 saturated heterocycles. The van der Waals surface area contributed by atoms with Crippen molar-refractivity contribution in [1.82, 2.24) is 0 Å². The van der Waals surface area contributed by atoms with Crippen LogP contribution in [0, 0.1) is 16.7 Å². The van der Waals surface area contributed by atoms with Gasteiger partial charge in [-0.3, -0.25) is 0 Å². The fourth-order valence-electron chi connectivity index (χ4n) is 4.46. The molecule has 0 bridgehead atoms. The molecule has 2 nitrogen and oxygen atoms in total. The Balaban J connectivity index is 0.000000735. The van der Waals surface area contributed by atoms with E-state index >= 15 is 0 Å². The summed E-state index contributed by atoms with van der Waals surface area (Å²) >= 11 is 0. The van der Waals surface area contributed by atoms with Gasteiger partial charge in [0, 0.05) is 5.56 Å². The number of rotatable bonds is 1. The molecule has 2 saturated carbocycles. The minimum absolute atomic E-state index is 0. The van der Waals surface area contributed by atoms with Gasteiger partial charge in [-0.2, -0.15) is 0 Å². The maximum atomic E-state index is 13.3. The Morgan fingerprint density at radius 3 is 2.40 bits per heavy atom. The van der Waals surface area contributed by atoms with Gasteiger partial charge in [0.1, 0.15) is 5.76 Å². The van der Waals surface area contributed by atoms with Crippen molar-refractivity contribution in [2.24, 2.45) is 16.7 Å². The van der Waals surface area contributed by atoms with Crippen LogP contribution in [0.1, 0.15) is 31.4 Å². The smallest absolute Gasteiger partial charge is 1.00 e. The van der Waals surface area contributed by atoms with Crippen molar-refractivity contribution >= 4 is 28.8 Å². The number of halogens is 1. The molecule has 1 spiro atoms. The monoisotopic (exact) mass is 300 g/mol. The fourth-order valence-corrected chi connectivity index (χ4v) is 4.46. The molecule has 0 heterocycles. The SMILES string of the molecule is COC1=CC2C([O-])(c3ccccc31)C21CC1(C)C.[Cl-].[Mg+2]. The van der Waals surface area contributed by atoms with Crippen molar-refractivity contribution in [3.8, 4) is 0 Å². The molecule has 3 unspecified atom stereocenters. The van der Waals surface area contributed by atoms with E-state index in [2.05, 4.69) is 19.9 Å². The molecule has 2 fully saturated rings. The summed E-state index contributed by atoms with van der Waals surface area (Å²) in [6.07, 6.45) is 3.11. The van der Waals surface area contributed by atoms with E-state index in [0.717, 1.165) is 23.3 Å². The van der Waals surface area contributed by atoms with Gasteiger partial charge >= 0.3 is 23.1 Å². The molecule has 0 aromatic heterocycles. The molecule has 4 heteroatoms. The Bertz CT molecular complexity index is 598. The normalized spacial score (nSPS) is 37.6. The molecule has 1 aromatic rings. The molecule has 4 rings (SSSR count). The number of fused-ring (bicyclic) bond motifs is 5. The number of hydrogen-bond donors (Lipinski definition) is 0. The second kappa shape index (κ2) is 4.39. The quantitative estimate of drug-likeness (QED) is 0.618. The van der Waals surface area contributed by atoms with E-state index in [-0.39, 0.29) is 52.2 Å². The first kappa shape index (κ1) is 16.2. The second-order valence-corrected chi connectivity index (χ2v) is 6.53. The Hall–Kier alpha value is -0.224. The third-order valence-corrected chi connectivity index (χ3v) is 5.48. The van der Waals surface area contributed by atoms with Gasteiger partial charge in [0.05, 0.1) is 7.11 Å². The molecular formula is C16H17ClMgO2. The zero-order valence-corrected chi connectivity index (χ0v) is 14.2. The molecule has 3 aliphatic carbocycles. The van der Waals surface area contributed by atoms with Crippen molar-refractivity contribution in [1.29, 1.82) is 0 Å². The maximum absolute atomic E-state index is 13.3. The third kappa shape index (κ3) is 1.45. The van der Waals surface area contributed by atoms with Crippen molar-refractivity contribution < 1.29 is 22.3 Å². The van der Waals surface area contributed by atoms with E-state index in [1.165, 1.54) is 0 Å². The third-order valence-electron chi connectivity index (χ3n) is 5.48. The molecule has 20 heavy (non-hydrogen) atoms. The summed E-state index contributed by atoms with van der Waals surface area (Å²) in [5.41, 5.74) is 1.14. The average Bonchev–Trinajstić information content (AvgIpc) is 3.12. The molecule has 0 N–H and O–H groups in total. The summed E-state index contributed by atoms with van der Waals surface area (Å²) in [5.74, 6) is 0.992.